The van der Waals surface area contributed by atoms with E-state index in [-0.39, 0.29) is 6.10 Å². The largest absolute Gasteiger partial charge is 0.396 e. The molecule has 1 unspecified atom stereocenters. The molecule has 0 aliphatic rings. The molecule has 1 atom stereocenters. The highest BCUT2D eigenvalue weighted by molar-refractivity contribution is 4.57. The van der Waals surface area contributed by atoms with Crippen molar-refractivity contribution >= 4 is 0 Å². The van der Waals surface area contributed by atoms with Crippen LogP contribution < -0.4 is 0 Å². The second kappa shape index (κ2) is 14.0. The second-order valence-electron chi connectivity index (χ2n) is 5.14. The standard InChI is InChI=1S/C15H32O2/c1-2-3-4-6-9-12-15(17)13-10-7-5-8-11-14-16/h15-17H,2-14H2,1H3. The van der Waals surface area contributed by atoms with E-state index in [2.05, 4.69) is 6.92 Å². The first-order valence-corrected chi connectivity index (χ1v) is 7.60. The maximum atomic E-state index is 9.77. The Labute approximate surface area is 107 Å². The van der Waals surface area contributed by atoms with E-state index in [9.17, 15) is 5.11 Å². The molecule has 0 amide bonds. The zero-order chi connectivity index (χ0) is 12.8. The van der Waals surface area contributed by atoms with Gasteiger partial charge in [-0.25, -0.2) is 0 Å². The molecule has 0 bridgehead atoms. The molecule has 2 N–H and O–H groups in total. The SMILES string of the molecule is CCCCCCCC(O)CCCCCCCO. The summed E-state index contributed by atoms with van der Waals surface area (Å²) < 4.78 is 0. The van der Waals surface area contributed by atoms with E-state index in [0.717, 1.165) is 32.1 Å². The van der Waals surface area contributed by atoms with Crippen molar-refractivity contribution < 1.29 is 10.2 Å². The summed E-state index contributed by atoms with van der Waals surface area (Å²) in [5, 5.41) is 18.4. The lowest BCUT2D eigenvalue weighted by Gasteiger charge is -2.10. The number of hydrogen-bond acceptors (Lipinski definition) is 2. The summed E-state index contributed by atoms with van der Waals surface area (Å²) in [7, 11) is 0. The lowest BCUT2D eigenvalue weighted by atomic mass is 10.0. The zero-order valence-electron chi connectivity index (χ0n) is 11.7. The Morgan fingerprint density at radius 2 is 1.18 bits per heavy atom. The van der Waals surface area contributed by atoms with Crippen molar-refractivity contribution in [2.75, 3.05) is 6.61 Å². The van der Waals surface area contributed by atoms with E-state index in [4.69, 9.17) is 5.11 Å². The Hall–Kier alpha value is -0.0800. The quantitative estimate of drug-likeness (QED) is 0.480. The molecule has 0 rings (SSSR count). The molecule has 0 aromatic rings. The maximum Gasteiger partial charge on any atom is 0.0540 e. The summed E-state index contributed by atoms with van der Waals surface area (Å²) in [4.78, 5) is 0. The van der Waals surface area contributed by atoms with Crippen LogP contribution in [-0.4, -0.2) is 22.9 Å². The van der Waals surface area contributed by atoms with Gasteiger partial charge in [0.05, 0.1) is 6.10 Å². The van der Waals surface area contributed by atoms with Crippen LogP contribution in [0.4, 0.5) is 0 Å². The van der Waals surface area contributed by atoms with Crippen LogP contribution in [0, 0.1) is 0 Å². The van der Waals surface area contributed by atoms with Crippen LogP contribution in [0.15, 0.2) is 0 Å². The van der Waals surface area contributed by atoms with E-state index in [0.29, 0.717) is 6.61 Å². The lowest BCUT2D eigenvalue weighted by molar-refractivity contribution is 0.147. The Bertz CT molecular complexity index is 137. The van der Waals surface area contributed by atoms with E-state index >= 15 is 0 Å². The minimum Gasteiger partial charge on any atom is -0.396 e. The molecular formula is C15H32O2. The molecule has 0 radical (unpaired) electrons. The molecule has 104 valence electrons. The Morgan fingerprint density at radius 3 is 1.71 bits per heavy atom. The normalized spacial score (nSPS) is 12.9. The number of aliphatic hydroxyl groups excluding tert-OH is 2. The van der Waals surface area contributed by atoms with E-state index in [1.54, 1.807) is 0 Å². The molecule has 0 aromatic carbocycles. The summed E-state index contributed by atoms with van der Waals surface area (Å²) in [5.74, 6) is 0. The predicted octanol–water partition coefficient (Wildman–Crippen LogP) is 4.04. The van der Waals surface area contributed by atoms with Crippen LogP contribution in [0.1, 0.15) is 84.0 Å². The molecular weight excluding hydrogens is 212 g/mol. The first kappa shape index (κ1) is 16.9. The van der Waals surface area contributed by atoms with Crippen LogP contribution >= 0.6 is 0 Å². The third-order valence-electron chi connectivity index (χ3n) is 3.34. The van der Waals surface area contributed by atoms with Gasteiger partial charge in [-0.3, -0.25) is 0 Å². The van der Waals surface area contributed by atoms with Gasteiger partial charge in [0.1, 0.15) is 0 Å². The smallest absolute Gasteiger partial charge is 0.0540 e. The monoisotopic (exact) mass is 244 g/mol. The minimum atomic E-state index is -0.0746. The molecule has 0 spiro atoms. The Morgan fingerprint density at radius 1 is 0.706 bits per heavy atom. The molecule has 2 heteroatoms. The fourth-order valence-corrected chi connectivity index (χ4v) is 2.15. The molecule has 0 heterocycles. The van der Waals surface area contributed by atoms with Gasteiger partial charge in [0.2, 0.25) is 0 Å². The van der Waals surface area contributed by atoms with Gasteiger partial charge in [-0.15, -0.1) is 0 Å². The average Bonchev–Trinajstić information content (AvgIpc) is 2.33. The second-order valence-corrected chi connectivity index (χ2v) is 5.14. The molecule has 0 saturated heterocycles. The van der Waals surface area contributed by atoms with Gasteiger partial charge in [-0.05, 0) is 19.3 Å². The van der Waals surface area contributed by atoms with Gasteiger partial charge >= 0.3 is 0 Å². The van der Waals surface area contributed by atoms with Crippen molar-refractivity contribution in [2.45, 2.75) is 90.1 Å². The van der Waals surface area contributed by atoms with E-state index in [1.807, 2.05) is 0 Å². The number of aliphatic hydroxyl groups is 2. The molecule has 2 nitrogen and oxygen atoms in total. The summed E-state index contributed by atoms with van der Waals surface area (Å²) in [6, 6.07) is 0. The Balaban J connectivity index is 3.09. The summed E-state index contributed by atoms with van der Waals surface area (Å²) >= 11 is 0. The lowest BCUT2D eigenvalue weighted by Crippen LogP contribution is -2.05. The number of rotatable bonds is 13. The van der Waals surface area contributed by atoms with Crippen LogP contribution in [-0.2, 0) is 0 Å². The van der Waals surface area contributed by atoms with Crippen molar-refractivity contribution in [2.24, 2.45) is 0 Å². The highest BCUT2D eigenvalue weighted by Gasteiger charge is 2.03. The van der Waals surface area contributed by atoms with Crippen LogP contribution in [0.3, 0.4) is 0 Å². The van der Waals surface area contributed by atoms with Crippen LogP contribution in [0.5, 0.6) is 0 Å². The number of unbranched alkanes of at least 4 members (excludes halogenated alkanes) is 8. The van der Waals surface area contributed by atoms with Crippen molar-refractivity contribution in [3.63, 3.8) is 0 Å². The predicted molar refractivity (Wildman–Crippen MR) is 74.2 cm³/mol. The fourth-order valence-electron chi connectivity index (χ4n) is 2.15. The van der Waals surface area contributed by atoms with Gasteiger partial charge in [0.15, 0.2) is 0 Å². The molecule has 0 aromatic heterocycles. The third kappa shape index (κ3) is 13.9. The van der Waals surface area contributed by atoms with Gasteiger partial charge in [-0.1, -0.05) is 64.7 Å². The Kier molecular flexibility index (Phi) is 13.9. The fraction of sp³-hybridized carbons (Fsp3) is 1.00. The highest BCUT2D eigenvalue weighted by atomic mass is 16.3. The molecule has 0 fully saturated rings. The van der Waals surface area contributed by atoms with Gasteiger partial charge in [0.25, 0.3) is 0 Å². The zero-order valence-corrected chi connectivity index (χ0v) is 11.7. The van der Waals surface area contributed by atoms with E-state index in [1.165, 1.54) is 44.9 Å². The van der Waals surface area contributed by atoms with Crippen LogP contribution in [0.2, 0.25) is 0 Å². The number of hydrogen-bond donors (Lipinski definition) is 2. The minimum absolute atomic E-state index is 0.0746. The highest BCUT2D eigenvalue weighted by Crippen LogP contribution is 2.13. The first-order chi connectivity index (χ1) is 8.31. The van der Waals surface area contributed by atoms with Crippen molar-refractivity contribution in [3.8, 4) is 0 Å². The third-order valence-corrected chi connectivity index (χ3v) is 3.34. The molecule has 17 heavy (non-hydrogen) atoms. The van der Waals surface area contributed by atoms with Crippen molar-refractivity contribution in [1.82, 2.24) is 0 Å². The van der Waals surface area contributed by atoms with Gasteiger partial charge in [0, 0.05) is 6.61 Å². The molecule has 0 aliphatic heterocycles. The summed E-state index contributed by atoms with van der Waals surface area (Å²) in [6.45, 7) is 2.55. The topological polar surface area (TPSA) is 40.5 Å². The van der Waals surface area contributed by atoms with Gasteiger partial charge in [-0.2, -0.15) is 0 Å². The van der Waals surface area contributed by atoms with Crippen molar-refractivity contribution in [1.29, 1.82) is 0 Å². The first-order valence-electron chi connectivity index (χ1n) is 7.60. The summed E-state index contributed by atoms with van der Waals surface area (Å²) in [5.41, 5.74) is 0. The molecule has 0 saturated carbocycles. The average molecular weight is 244 g/mol. The van der Waals surface area contributed by atoms with Crippen LogP contribution in [0.25, 0.3) is 0 Å². The van der Waals surface area contributed by atoms with E-state index < -0.39 is 0 Å². The van der Waals surface area contributed by atoms with Crippen molar-refractivity contribution in [3.05, 3.63) is 0 Å². The molecule has 0 aliphatic carbocycles. The van der Waals surface area contributed by atoms with Gasteiger partial charge < -0.3 is 10.2 Å². The maximum absolute atomic E-state index is 9.77. The summed E-state index contributed by atoms with van der Waals surface area (Å²) in [6.07, 6.45) is 13.9.